The number of halogens is 1. The summed E-state index contributed by atoms with van der Waals surface area (Å²) in [5.74, 6) is 0.628. The summed E-state index contributed by atoms with van der Waals surface area (Å²) in [4.78, 5) is 15.0. The number of carbonyl (C=O) groups excluding carboxylic acids is 1. The number of amides is 1. The predicted octanol–water partition coefficient (Wildman–Crippen LogP) is 4.01. The van der Waals surface area contributed by atoms with Crippen LogP contribution in [0.1, 0.15) is 34.3 Å². The summed E-state index contributed by atoms with van der Waals surface area (Å²) in [5.41, 5.74) is 2.22. The highest BCUT2D eigenvalue weighted by Crippen LogP contribution is 2.48. The highest BCUT2D eigenvalue weighted by Gasteiger charge is 2.47. The molecular weight excluding hydrogens is 348 g/mol. The van der Waals surface area contributed by atoms with Crippen molar-refractivity contribution in [1.29, 1.82) is 0 Å². The Morgan fingerprint density at radius 1 is 1.23 bits per heavy atom. The van der Waals surface area contributed by atoms with Crippen molar-refractivity contribution in [3.8, 4) is 5.75 Å². The van der Waals surface area contributed by atoms with Gasteiger partial charge in [-0.3, -0.25) is 4.79 Å². The van der Waals surface area contributed by atoms with E-state index in [1.807, 2.05) is 63.5 Å². The molecule has 0 heterocycles. The topological polar surface area (TPSA) is 41.6 Å². The fourth-order valence-corrected chi connectivity index (χ4v) is 3.32. The Hall–Kier alpha value is -2.04. The molecule has 0 atom stereocenters. The summed E-state index contributed by atoms with van der Waals surface area (Å²) in [6.07, 6.45) is 1.81. The average molecular weight is 373 g/mol. The van der Waals surface area contributed by atoms with Crippen molar-refractivity contribution in [2.75, 3.05) is 27.2 Å². The van der Waals surface area contributed by atoms with Crippen molar-refractivity contribution in [2.45, 2.75) is 25.3 Å². The first-order valence-corrected chi connectivity index (χ1v) is 9.25. The third-order valence-electron chi connectivity index (χ3n) is 4.75. The van der Waals surface area contributed by atoms with Crippen molar-refractivity contribution in [1.82, 2.24) is 10.2 Å². The van der Waals surface area contributed by atoms with Gasteiger partial charge in [0.1, 0.15) is 12.4 Å². The number of rotatable bonds is 7. The number of nitrogens with one attached hydrogen (secondary N) is 1. The summed E-state index contributed by atoms with van der Waals surface area (Å²) in [6.45, 7) is 3.35. The van der Waals surface area contributed by atoms with E-state index in [9.17, 15) is 4.79 Å². The Labute approximate surface area is 160 Å². The summed E-state index contributed by atoms with van der Waals surface area (Å²) in [6, 6.07) is 13.4. The molecule has 3 rings (SSSR count). The van der Waals surface area contributed by atoms with E-state index in [4.69, 9.17) is 16.3 Å². The standard InChI is InChI=1S/C21H25ClN2O2/c1-15-8-9-16(26-13-12-24(2)3)14-17(15)20(25)23-21(10-11-21)18-6-4-5-7-19(18)22/h4-9,14H,10-13H2,1-3H3,(H,23,25). The van der Waals surface area contributed by atoms with Gasteiger partial charge in [-0.15, -0.1) is 0 Å². The van der Waals surface area contributed by atoms with Crippen molar-refractivity contribution >= 4 is 17.5 Å². The zero-order valence-corrected chi connectivity index (χ0v) is 16.3. The largest absolute Gasteiger partial charge is 0.492 e. The molecule has 1 saturated carbocycles. The van der Waals surface area contributed by atoms with Gasteiger partial charge in [-0.2, -0.15) is 0 Å². The van der Waals surface area contributed by atoms with E-state index in [2.05, 4.69) is 10.2 Å². The number of benzene rings is 2. The number of likely N-dealkylation sites (N-methyl/N-ethyl adjacent to an activating group) is 1. The molecule has 1 fully saturated rings. The molecule has 0 unspecified atom stereocenters. The lowest BCUT2D eigenvalue weighted by molar-refractivity contribution is 0.0929. The van der Waals surface area contributed by atoms with Crippen LogP contribution in [0.2, 0.25) is 5.02 Å². The van der Waals surface area contributed by atoms with Crippen LogP contribution in [0.5, 0.6) is 5.75 Å². The second-order valence-electron chi connectivity index (χ2n) is 7.14. The molecule has 0 aliphatic heterocycles. The van der Waals surface area contributed by atoms with Crippen LogP contribution in [0, 0.1) is 6.92 Å². The maximum absolute atomic E-state index is 12.9. The second-order valence-corrected chi connectivity index (χ2v) is 7.55. The van der Waals surface area contributed by atoms with E-state index >= 15 is 0 Å². The lowest BCUT2D eigenvalue weighted by Crippen LogP contribution is -2.35. The van der Waals surface area contributed by atoms with Gasteiger partial charge in [-0.05, 0) is 63.2 Å². The van der Waals surface area contributed by atoms with Crippen LogP contribution in [0.25, 0.3) is 0 Å². The fourth-order valence-electron chi connectivity index (χ4n) is 3.00. The van der Waals surface area contributed by atoms with E-state index in [1.54, 1.807) is 0 Å². The molecule has 1 N–H and O–H groups in total. The van der Waals surface area contributed by atoms with Gasteiger partial charge >= 0.3 is 0 Å². The Bertz CT molecular complexity index is 800. The van der Waals surface area contributed by atoms with Gasteiger partial charge < -0.3 is 15.0 Å². The van der Waals surface area contributed by atoms with Gasteiger partial charge in [-0.25, -0.2) is 0 Å². The smallest absolute Gasteiger partial charge is 0.252 e. The van der Waals surface area contributed by atoms with Gasteiger partial charge in [0.2, 0.25) is 0 Å². The number of hydrogen-bond donors (Lipinski definition) is 1. The fraction of sp³-hybridized carbons (Fsp3) is 0.381. The predicted molar refractivity (Wildman–Crippen MR) is 105 cm³/mol. The van der Waals surface area contributed by atoms with Gasteiger partial charge in [-0.1, -0.05) is 35.9 Å². The molecule has 2 aromatic carbocycles. The third-order valence-corrected chi connectivity index (χ3v) is 5.08. The number of ether oxygens (including phenoxy) is 1. The van der Waals surface area contributed by atoms with Crippen molar-refractivity contribution < 1.29 is 9.53 Å². The van der Waals surface area contributed by atoms with Crippen molar-refractivity contribution in [2.24, 2.45) is 0 Å². The molecule has 0 spiro atoms. The SMILES string of the molecule is Cc1ccc(OCCN(C)C)cc1C(=O)NC1(c2ccccc2Cl)CC1. The minimum absolute atomic E-state index is 0.0852. The summed E-state index contributed by atoms with van der Waals surface area (Å²) in [5, 5.41) is 3.89. The normalized spacial score (nSPS) is 15.0. The van der Waals surface area contributed by atoms with Gasteiger partial charge in [0.25, 0.3) is 5.91 Å². The molecule has 1 aliphatic rings. The highest BCUT2D eigenvalue weighted by molar-refractivity contribution is 6.31. The monoisotopic (exact) mass is 372 g/mol. The Morgan fingerprint density at radius 2 is 1.96 bits per heavy atom. The zero-order valence-electron chi connectivity index (χ0n) is 15.5. The third kappa shape index (κ3) is 4.19. The number of nitrogens with zero attached hydrogens (tertiary/aromatic N) is 1. The molecule has 0 aromatic heterocycles. The molecule has 0 bridgehead atoms. The molecule has 0 saturated heterocycles. The van der Waals surface area contributed by atoms with Crippen LogP contribution in [-0.4, -0.2) is 38.1 Å². The van der Waals surface area contributed by atoms with Crippen LogP contribution in [0.15, 0.2) is 42.5 Å². The van der Waals surface area contributed by atoms with Crippen molar-refractivity contribution in [3.63, 3.8) is 0 Å². The van der Waals surface area contributed by atoms with Crippen molar-refractivity contribution in [3.05, 3.63) is 64.2 Å². The van der Waals surface area contributed by atoms with E-state index < -0.39 is 0 Å². The highest BCUT2D eigenvalue weighted by atomic mass is 35.5. The minimum atomic E-state index is -0.344. The lowest BCUT2D eigenvalue weighted by atomic mass is 10.0. The molecule has 138 valence electrons. The minimum Gasteiger partial charge on any atom is -0.492 e. The average Bonchev–Trinajstić information content (AvgIpc) is 3.36. The number of carbonyl (C=O) groups is 1. The van der Waals surface area contributed by atoms with Gasteiger partial charge in [0.05, 0.1) is 5.54 Å². The molecule has 4 nitrogen and oxygen atoms in total. The van der Waals surface area contributed by atoms with Gasteiger partial charge in [0, 0.05) is 17.1 Å². The first-order chi connectivity index (χ1) is 12.4. The molecule has 5 heteroatoms. The molecule has 26 heavy (non-hydrogen) atoms. The Morgan fingerprint density at radius 3 is 2.62 bits per heavy atom. The summed E-state index contributed by atoms with van der Waals surface area (Å²) in [7, 11) is 4.00. The quantitative estimate of drug-likeness (QED) is 0.798. The van der Waals surface area contributed by atoms with E-state index in [1.165, 1.54) is 0 Å². The summed E-state index contributed by atoms with van der Waals surface area (Å²) < 4.78 is 5.77. The van der Waals surface area contributed by atoms with E-state index in [0.717, 1.165) is 30.5 Å². The lowest BCUT2D eigenvalue weighted by Gasteiger charge is -2.20. The molecule has 1 aliphatic carbocycles. The molecule has 1 amide bonds. The maximum atomic E-state index is 12.9. The molecule has 2 aromatic rings. The van der Waals surface area contributed by atoms with Crippen LogP contribution in [0.3, 0.4) is 0 Å². The van der Waals surface area contributed by atoms with Crippen LogP contribution in [0.4, 0.5) is 0 Å². The van der Waals surface area contributed by atoms with Gasteiger partial charge in [0.15, 0.2) is 0 Å². The Balaban J connectivity index is 1.74. The first-order valence-electron chi connectivity index (χ1n) is 8.87. The maximum Gasteiger partial charge on any atom is 0.252 e. The van der Waals surface area contributed by atoms with Crippen LogP contribution < -0.4 is 10.1 Å². The van der Waals surface area contributed by atoms with E-state index in [0.29, 0.717) is 22.9 Å². The zero-order chi connectivity index (χ0) is 18.7. The summed E-state index contributed by atoms with van der Waals surface area (Å²) >= 11 is 6.34. The molecule has 0 radical (unpaired) electrons. The van der Waals surface area contributed by atoms with Crippen LogP contribution >= 0.6 is 11.6 Å². The first kappa shape index (κ1) is 18.7. The number of hydrogen-bond acceptors (Lipinski definition) is 3. The van der Waals surface area contributed by atoms with E-state index in [-0.39, 0.29) is 11.4 Å². The Kier molecular flexibility index (Phi) is 5.54. The van der Waals surface area contributed by atoms with Crippen LogP contribution in [-0.2, 0) is 5.54 Å². The second kappa shape index (κ2) is 7.68. The number of aryl methyl sites for hydroxylation is 1. The molecular formula is C21H25ClN2O2.